The second-order valence-corrected chi connectivity index (χ2v) is 5.19. The summed E-state index contributed by atoms with van der Waals surface area (Å²) < 4.78 is 5.18. The van der Waals surface area contributed by atoms with Crippen molar-refractivity contribution in [3.8, 4) is 5.75 Å². The zero-order chi connectivity index (χ0) is 13.9. The standard InChI is InChI=1S/C14H21NO3/c1-9(2)14(4,13(16)17)8-11-7-12(18-5)6-10(3)15-11/h6-7,9H,8H2,1-5H3,(H,16,17). The molecule has 0 aliphatic rings. The van der Waals surface area contributed by atoms with Crippen LogP contribution in [0.3, 0.4) is 0 Å². The summed E-state index contributed by atoms with van der Waals surface area (Å²) in [4.78, 5) is 15.8. The molecule has 18 heavy (non-hydrogen) atoms. The first-order chi connectivity index (χ1) is 8.29. The lowest BCUT2D eigenvalue weighted by Gasteiger charge is -2.28. The fourth-order valence-corrected chi connectivity index (χ4v) is 1.81. The van der Waals surface area contributed by atoms with E-state index >= 15 is 0 Å². The number of aromatic nitrogens is 1. The zero-order valence-electron chi connectivity index (χ0n) is 11.7. The predicted octanol–water partition coefficient (Wildman–Crippen LogP) is 2.69. The predicted molar refractivity (Wildman–Crippen MR) is 69.8 cm³/mol. The number of carboxylic acid groups (broad SMARTS) is 1. The number of carboxylic acids is 1. The van der Waals surface area contributed by atoms with Gasteiger partial charge in [-0.05, 0) is 19.8 Å². The van der Waals surface area contributed by atoms with Crippen LogP contribution in [0, 0.1) is 18.3 Å². The molecule has 1 aromatic heterocycles. The van der Waals surface area contributed by atoms with Gasteiger partial charge in [-0.25, -0.2) is 0 Å². The highest BCUT2D eigenvalue weighted by Gasteiger charge is 2.37. The lowest BCUT2D eigenvalue weighted by atomic mass is 9.75. The van der Waals surface area contributed by atoms with Gasteiger partial charge in [-0.3, -0.25) is 9.78 Å². The molecule has 0 amide bonds. The van der Waals surface area contributed by atoms with Crippen LogP contribution in [0.25, 0.3) is 0 Å². The third-order valence-electron chi connectivity index (χ3n) is 3.53. The van der Waals surface area contributed by atoms with Gasteiger partial charge in [0.05, 0.1) is 12.5 Å². The van der Waals surface area contributed by atoms with E-state index in [1.54, 1.807) is 20.1 Å². The van der Waals surface area contributed by atoms with Crippen molar-refractivity contribution in [1.29, 1.82) is 0 Å². The Morgan fingerprint density at radius 2 is 2.11 bits per heavy atom. The van der Waals surface area contributed by atoms with Crippen LogP contribution in [0.15, 0.2) is 12.1 Å². The molecule has 1 N–H and O–H groups in total. The van der Waals surface area contributed by atoms with Crippen LogP contribution in [0.2, 0.25) is 0 Å². The van der Waals surface area contributed by atoms with Crippen molar-refractivity contribution in [1.82, 2.24) is 4.98 Å². The molecule has 0 fully saturated rings. The molecule has 1 aromatic rings. The van der Waals surface area contributed by atoms with Gasteiger partial charge in [0.15, 0.2) is 0 Å². The smallest absolute Gasteiger partial charge is 0.310 e. The number of hydrogen-bond donors (Lipinski definition) is 1. The molecule has 4 nitrogen and oxygen atoms in total. The Hall–Kier alpha value is -1.58. The van der Waals surface area contributed by atoms with E-state index in [0.29, 0.717) is 12.2 Å². The first-order valence-electron chi connectivity index (χ1n) is 6.04. The number of aryl methyl sites for hydroxylation is 1. The number of rotatable bonds is 5. The number of aliphatic carboxylic acids is 1. The highest BCUT2D eigenvalue weighted by atomic mass is 16.5. The quantitative estimate of drug-likeness (QED) is 0.874. The van der Waals surface area contributed by atoms with Gasteiger partial charge in [-0.2, -0.15) is 0 Å². The topological polar surface area (TPSA) is 59.4 Å². The Morgan fingerprint density at radius 3 is 2.56 bits per heavy atom. The van der Waals surface area contributed by atoms with Gasteiger partial charge in [0.1, 0.15) is 5.75 Å². The fourth-order valence-electron chi connectivity index (χ4n) is 1.81. The first-order valence-corrected chi connectivity index (χ1v) is 6.04. The van der Waals surface area contributed by atoms with Crippen LogP contribution >= 0.6 is 0 Å². The summed E-state index contributed by atoms with van der Waals surface area (Å²) in [5, 5.41) is 9.40. The Morgan fingerprint density at radius 1 is 1.50 bits per heavy atom. The van der Waals surface area contributed by atoms with E-state index in [1.807, 2.05) is 26.8 Å². The highest BCUT2D eigenvalue weighted by Crippen LogP contribution is 2.32. The van der Waals surface area contributed by atoms with E-state index in [4.69, 9.17) is 4.74 Å². The first kappa shape index (κ1) is 14.5. The van der Waals surface area contributed by atoms with Crippen LogP contribution in [-0.2, 0) is 11.2 Å². The third kappa shape index (κ3) is 3.00. The third-order valence-corrected chi connectivity index (χ3v) is 3.53. The Labute approximate surface area is 108 Å². The maximum atomic E-state index is 11.4. The maximum Gasteiger partial charge on any atom is 0.310 e. The number of pyridine rings is 1. The van der Waals surface area contributed by atoms with Gasteiger partial charge < -0.3 is 9.84 Å². The minimum atomic E-state index is -0.814. The Balaban J connectivity index is 3.08. The molecule has 4 heteroatoms. The van der Waals surface area contributed by atoms with E-state index in [1.165, 1.54) is 0 Å². The van der Waals surface area contributed by atoms with Gasteiger partial charge in [0, 0.05) is 29.9 Å². The molecule has 1 heterocycles. The van der Waals surface area contributed by atoms with Gasteiger partial charge in [0.2, 0.25) is 0 Å². The molecule has 0 saturated heterocycles. The number of nitrogens with zero attached hydrogens (tertiary/aromatic N) is 1. The molecule has 1 rings (SSSR count). The van der Waals surface area contributed by atoms with Crippen molar-refractivity contribution in [2.24, 2.45) is 11.3 Å². The summed E-state index contributed by atoms with van der Waals surface area (Å²) in [7, 11) is 1.59. The Kier molecular flexibility index (Phi) is 4.33. The summed E-state index contributed by atoms with van der Waals surface area (Å²) in [5.74, 6) is -0.0444. The number of carbonyl (C=O) groups is 1. The monoisotopic (exact) mass is 251 g/mol. The van der Waals surface area contributed by atoms with Gasteiger partial charge in [-0.1, -0.05) is 13.8 Å². The average Bonchev–Trinajstić information content (AvgIpc) is 2.27. The SMILES string of the molecule is COc1cc(C)nc(CC(C)(C(=O)O)C(C)C)c1. The summed E-state index contributed by atoms with van der Waals surface area (Å²) in [5.41, 5.74) is 0.775. The summed E-state index contributed by atoms with van der Waals surface area (Å²) in [6.07, 6.45) is 0.401. The minimum Gasteiger partial charge on any atom is -0.497 e. The Bertz CT molecular complexity index is 443. The molecular formula is C14H21NO3. The van der Waals surface area contributed by atoms with Gasteiger partial charge >= 0.3 is 5.97 Å². The molecule has 0 spiro atoms. The van der Waals surface area contributed by atoms with Crippen molar-refractivity contribution in [2.45, 2.75) is 34.1 Å². The number of ether oxygens (including phenoxy) is 1. The number of hydrogen-bond acceptors (Lipinski definition) is 3. The zero-order valence-corrected chi connectivity index (χ0v) is 11.7. The molecule has 0 aliphatic carbocycles. The molecule has 1 atom stereocenters. The molecule has 0 aliphatic heterocycles. The van der Waals surface area contributed by atoms with Crippen molar-refractivity contribution in [2.75, 3.05) is 7.11 Å². The van der Waals surface area contributed by atoms with Crippen LogP contribution < -0.4 is 4.74 Å². The summed E-state index contributed by atoms with van der Waals surface area (Å²) >= 11 is 0. The average molecular weight is 251 g/mol. The van der Waals surface area contributed by atoms with Gasteiger partial charge in [0.25, 0.3) is 0 Å². The molecule has 1 unspecified atom stereocenters. The molecular weight excluding hydrogens is 230 g/mol. The largest absolute Gasteiger partial charge is 0.497 e. The highest BCUT2D eigenvalue weighted by molar-refractivity contribution is 5.74. The lowest BCUT2D eigenvalue weighted by Crippen LogP contribution is -2.35. The van der Waals surface area contributed by atoms with E-state index in [9.17, 15) is 9.90 Å². The van der Waals surface area contributed by atoms with Crippen LogP contribution in [0.5, 0.6) is 5.75 Å². The van der Waals surface area contributed by atoms with Crippen molar-refractivity contribution < 1.29 is 14.6 Å². The van der Waals surface area contributed by atoms with E-state index in [0.717, 1.165) is 11.4 Å². The van der Waals surface area contributed by atoms with Crippen molar-refractivity contribution in [3.63, 3.8) is 0 Å². The van der Waals surface area contributed by atoms with Crippen molar-refractivity contribution in [3.05, 3.63) is 23.5 Å². The van der Waals surface area contributed by atoms with Crippen LogP contribution in [0.4, 0.5) is 0 Å². The van der Waals surface area contributed by atoms with Crippen molar-refractivity contribution >= 4 is 5.97 Å². The second kappa shape index (κ2) is 5.38. The normalized spacial score (nSPS) is 14.3. The lowest BCUT2D eigenvalue weighted by molar-refractivity contribution is -0.150. The maximum absolute atomic E-state index is 11.4. The molecule has 0 aromatic carbocycles. The molecule has 100 valence electrons. The second-order valence-electron chi connectivity index (χ2n) is 5.19. The number of methoxy groups -OCH3 is 1. The van der Waals surface area contributed by atoms with E-state index < -0.39 is 11.4 Å². The van der Waals surface area contributed by atoms with E-state index in [-0.39, 0.29) is 5.92 Å². The summed E-state index contributed by atoms with van der Waals surface area (Å²) in [6.45, 7) is 7.47. The van der Waals surface area contributed by atoms with Crippen LogP contribution in [-0.4, -0.2) is 23.2 Å². The molecule has 0 bridgehead atoms. The van der Waals surface area contributed by atoms with Gasteiger partial charge in [-0.15, -0.1) is 0 Å². The summed E-state index contributed by atoms with van der Waals surface area (Å²) in [6, 6.07) is 3.63. The van der Waals surface area contributed by atoms with Crippen LogP contribution in [0.1, 0.15) is 32.2 Å². The van der Waals surface area contributed by atoms with E-state index in [2.05, 4.69) is 4.98 Å². The minimum absolute atomic E-state index is 0.0308. The fraction of sp³-hybridized carbons (Fsp3) is 0.571. The molecule has 0 saturated carbocycles. The molecule has 0 radical (unpaired) electrons.